The van der Waals surface area contributed by atoms with E-state index < -0.39 is 11.7 Å². The van der Waals surface area contributed by atoms with Gasteiger partial charge in [0.25, 0.3) is 11.8 Å². The lowest BCUT2D eigenvalue weighted by atomic mass is 10.1. The zero-order valence-electron chi connectivity index (χ0n) is 17.0. The van der Waals surface area contributed by atoms with Crippen LogP contribution in [0.3, 0.4) is 0 Å². The minimum Gasteiger partial charge on any atom is -0.494 e. The Bertz CT molecular complexity index is 890. The fourth-order valence-electron chi connectivity index (χ4n) is 3.18. The molecule has 0 aliphatic carbocycles. The molecule has 2 amide bonds. The maximum atomic E-state index is 12.7. The molecular weight excluding hydrogens is 413 g/mol. The maximum Gasteiger partial charge on any atom is 0.416 e. The summed E-state index contributed by atoms with van der Waals surface area (Å²) < 4.78 is 48.9. The van der Waals surface area contributed by atoms with E-state index in [1.165, 1.54) is 17.0 Å². The Labute approximate surface area is 178 Å². The van der Waals surface area contributed by atoms with Crippen LogP contribution in [-0.2, 0) is 11.0 Å². The third-order valence-electron chi connectivity index (χ3n) is 4.88. The number of rotatable bonds is 6. The van der Waals surface area contributed by atoms with E-state index in [9.17, 15) is 22.8 Å². The van der Waals surface area contributed by atoms with Crippen LogP contribution in [-0.4, -0.2) is 61.0 Å². The number of halogens is 3. The Morgan fingerprint density at radius 2 is 1.35 bits per heavy atom. The lowest BCUT2D eigenvalue weighted by molar-refractivity contribution is -0.137. The van der Waals surface area contributed by atoms with Crippen molar-refractivity contribution in [2.75, 3.05) is 39.4 Å². The zero-order chi connectivity index (χ0) is 22.4. The molecule has 0 saturated carbocycles. The van der Waals surface area contributed by atoms with E-state index in [4.69, 9.17) is 9.47 Å². The topological polar surface area (TPSA) is 59.1 Å². The largest absolute Gasteiger partial charge is 0.494 e. The van der Waals surface area contributed by atoms with Gasteiger partial charge in [-0.05, 0) is 55.5 Å². The summed E-state index contributed by atoms with van der Waals surface area (Å²) in [6.45, 7) is 3.59. The van der Waals surface area contributed by atoms with Gasteiger partial charge in [0, 0.05) is 31.7 Å². The minimum atomic E-state index is -4.44. The minimum absolute atomic E-state index is 0.124. The van der Waals surface area contributed by atoms with E-state index >= 15 is 0 Å². The molecule has 0 bridgehead atoms. The first kappa shape index (κ1) is 22.5. The van der Waals surface area contributed by atoms with Crippen molar-refractivity contribution in [1.82, 2.24) is 9.80 Å². The molecular formula is C22H23F3N2O4. The van der Waals surface area contributed by atoms with Crippen molar-refractivity contribution in [3.8, 4) is 11.5 Å². The summed E-state index contributed by atoms with van der Waals surface area (Å²) in [4.78, 5) is 28.0. The highest BCUT2D eigenvalue weighted by atomic mass is 19.4. The van der Waals surface area contributed by atoms with E-state index in [-0.39, 0.29) is 24.0 Å². The first-order valence-electron chi connectivity index (χ1n) is 9.88. The van der Waals surface area contributed by atoms with Gasteiger partial charge in [-0.15, -0.1) is 0 Å². The summed E-state index contributed by atoms with van der Waals surface area (Å²) in [5, 5.41) is 0. The van der Waals surface area contributed by atoms with E-state index in [0.717, 1.165) is 17.9 Å². The van der Waals surface area contributed by atoms with E-state index in [2.05, 4.69) is 0 Å². The molecule has 1 saturated heterocycles. The summed E-state index contributed by atoms with van der Waals surface area (Å²) in [5.74, 6) is 0.713. The van der Waals surface area contributed by atoms with Crippen LogP contribution < -0.4 is 9.47 Å². The molecule has 1 fully saturated rings. The number of benzene rings is 2. The molecule has 0 unspecified atom stereocenters. The number of hydrogen-bond donors (Lipinski definition) is 0. The third kappa shape index (κ3) is 5.90. The molecule has 31 heavy (non-hydrogen) atoms. The predicted molar refractivity (Wildman–Crippen MR) is 107 cm³/mol. The Balaban J connectivity index is 1.47. The van der Waals surface area contributed by atoms with Gasteiger partial charge in [0.15, 0.2) is 6.61 Å². The molecule has 0 aromatic heterocycles. The highest BCUT2D eigenvalue weighted by molar-refractivity contribution is 5.94. The van der Waals surface area contributed by atoms with Gasteiger partial charge in [-0.1, -0.05) is 0 Å². The summed E-state index contributed by atoms with van der Waals surface area (Å²) in [7, 11) is 0. The number of piperazine rings is 1. The molecule has 3 rings (SSSR count). The van der Waals surface area contributed by atoms with Crippen molar-refractivity contribution in [3.05, 3.63) is 59.7 Å². The van der Waals surface area contributed by atoms with Gasteiger partial charge in [0.05, 0.1) is 12.2 Å². The predicted octanol–water partition coefficient (Wildman–Crippen LogP) is 3.47. The van der Waals surface area contributed by atoms with Crippen molar-refractivity contribution in [3.63, 3.8) is 0 Å². The number of nitrogens with zero attached hydrogens (tertiary/aromatic N) is 2. The SMILES string of the molecule is CCOc1ccc(OCC(=O)N2CCN(C(=O)c3ccc(C(F)(F)F)cc3)CC2)cc1. The van der Waals surface area contributed by atoms with Crippen molar-refractivity contribution >= 4 is 11.8 Å². The molecule has 166 valence electrons. The zero-order valence-corrected chi connectivity index (χ0v) is 17.0. The second-order valence-electron chi connectivity index (χ2n) is 6.94. The molecule has 1 aliphatic heterocycles. The van der Waals surface area contributed by atoms with Crippen molar-refractivity contribution in [2.24, 2.45) is 0 Å². The summed E-state index contributed by atoms with van der Waals surface area (Å²) >= 11 is 0. The Morgan fingerprint density at radius 3 is 1.87 bits per heavy atom. The molecule has 2 aromatic rings. The van der Waals surface area contributed by atoms with Gasteiger partial charge in [0.2, 0.25) is 0 Å². The monoisotopic (exact) mass is 436 g/mol. The number of hydrogen-bond acceptors (Lipinski definition) is 4. The third-order valence-corrected chi connectivity index (χ3v) is 4.88. The van der Waals surface area contributed by atoms with Crippen LogP contribution in [0.25, 0.3) is 0 Å². The summed E-state index contributed by atoms with van der Waals surface area (Å²) in [6.07, 6.45) is -4.44. The van der Waals surface area contributed by atoms with Crippen LogP contribution in [0.1, 0.15) is 22.8 Å². The van der Waals surface area contributed by atoms with Crippen molar-refractivity contribution in [1.29, 1.82) is 0 Å². The molecule has 0 atom stereocenters. The van der Waals surface area contributed by atoms with Crippen molar-refractivity contribution in [2.45, 2.75) is 13.1 Å². The van der Waals surface area contributed by atoms with Gasteiger partial charge in [-0.3, -0.25) is 9.59 Å². The van der Waals surface area contributed by atoms with E-state index in [1.807, 2.05) is 6.92 Å². The molecule has 6 nitrogen and oxygen atoms in total. The number of alkyl halides is 3. The Hall–Kier alpha value is -3.23. The number of amides is 2. The van der Waals surface area contributed by atoms with Crippen LogP contribution in [0.2, 0.25) is 0 Å². The molecule has 2 aromatic carbocycles. The average molecular weight is 436 g/mol. The van der Waals surface area contributed by atoms with E-state index in [1.54, 1.807) is 29.2 Å². The average Bonchev–Trinajstić information content (AvgIpc) is 2.78. The molecule has 1 aliphatic rings. The van der Waals surface area contributed by atoms with Gasteiger partial charge >= 0.3 is 6.18 Å². The normalized spacial score (nSPS) is 14.3. The van der Waals surface area contributed by atoms with Gasteiger partial charge in [-0.2, -0.15) is 13.2 Å². The number of carbonyl (C=O) groups is 2. The summed E-state index contributed by atoms with van der Waals surface area (Å²) in [6, 6.07) is 11.1. The first-order valence-corrected chi connectivity index (χ1v) is 9.88. The number of carbonyl (C=O) groups excluding carboxylic acids is 2. The van der Waals surface area contributed by atoms with Crippen LogP contribution in [0, 0.1) is 0 Å². The maximum absolute atomic E-state index is 12.7. The van der Waals surface area contributed by atoms with Gasteiger partial charge < -0.3 is 19.3 Å². The standard InChI is InChI=1S/C22H23F3N2O4/c1-2-30-18-7-9-19(10-8-18)31-15-20(28)26-11-13-27(14-12-26)21(29)16-3-5-17(6-4-16)22(23,24)25/h3-10H,2,11-15H2,1H3. The van der Waals surface area contributed by atoms with E-state index in [0.29, 0.717) is 38.5 Å². The van der Waals surface area contributed by atoms with Crippen LogP contribution >= 0.6 is 0 Å². The molecule has 9 heteroatoms. The Morgan fingerprint density at radius 1 is 0.839 bits per heavy atom. The second kappa shape index (κ2) is 9.72. The molecule has 0 spiro atoms. The fourth-order valence-corrected chi connectivity index (χ4v) is 3.18. The van der Waals surface area contributed by atoms with Crippen LogP contribution in [0.5, 0.6) is 11.5 Å². The lowest BCUT2D eigenvalue weighted by Crippen LogP contribution is -2.51. The molecule has 0 radical (unpaired) electrons. The molecule has 0 N–H and O–H groups in total. The second-order valence-corrected chi connectivity index (χ2v) is 6.94. The summed E-state index contributed by atoms with van der Waals surface area (Å²) in [5.41, 5.74) is -0.612. The quantitative estimate of drug-likeness (QED) is 0.696. The molecule has 1 heterocycles. The van der Waals surface area contributed by atoms with Gasteiger partial charge in [-0.25, -0.2) is 0 Å². The fraction of sp³-hybridized carbons (Fsp3) is 0.364. The first-order chi connectivity index (χ1) is 14.8. The highest BCUT2D eigenvalue weighted by Crippen LogP contribution is 2.29. The smallest absolute Gasteiger partial charge is 0.416 e. The Kier molecular flexibility index (Phi) is 7.04. The van der Waals surface area contributed by atoms with Crippen LogP contribution in [0.4, 0.5) is 13.2 Å². The van der Waals surface area contributed by atoms with Gasteiger partial charge in [0.1, 0.15) is 11.5 Å². The van der Waals surface area contributed by atoms with Crippen LogP contribution in [0.15, 0.2) is 48.5 Å². The van der Waals surface area contributed by atoms with Crippen molar-refractivity contribution < 1.29 is 32.2 Å². The number of ether oxygens (including phenoxy) is 2. The lowest BCUT2D eigenvalue weighted by Gasteiger charge is -2.34. The highest BCUT2D eigenvalue weighted by Gasteiger charge is 2.31.